The number of hydrogen-bond donors (Lipinski definition) is 1. The summed E-state index contributed by atoms with van der Waals surface area (Å²) in [6.07, 6.45) is 3.82. The van der Waals surface area contributed by atoms with Crippen molar-refractivity contribution in [3.63, 3.8) is 0 Å². The van der Waals surface area contributed by atoms with Crippen LogP contribution in [0.2, 0.25) is 0 Å². The predicted molar refractivity (Wildman–Crippen MR) is 107 cm³/mol. The van der Waals surface area contributed by atoms with Crippen LogP contribution in [-0.4, -0.2) is 46.3 Å². The molecule has 2 rings (SSSR count). The highest BCUT2D eigenvalue weighted by Crippen LogP contribution is 2.26. The fourth-order valence-electron chi connectivity index (χ4n) is 3.58. The third kappa shape index (κ3) is 6.01. The molecule has 0 spiro atoms. The van der Waals surface area contributed by atoms with Crippen molar-refractivity contribution >= 4 is 11.8 Å². The van der Waals surface area contributed by atoms with E-state index in [0.717, 1.165) is 48.6 Å². The predicted octanol–water partition coefficient (Wildman–Crippen LogP) is 2.91. The monoisotopic (exact) mass is 374 g/mol. The van der Waals surface area contributed by atoms with E-state index in [4.69, 9.17) is 9.97 Å². The molecule has 1 aromatic rings. The quantitative estimate of drug-likeness (QED) is 0.796. The molecule has 0 saturated carbocycles. The number of rotatable bonds is 7. The molecule has 0 bridgehead atoms. The molecule has 1 unspecified atom stereocenters. The number of carbonyl (C=O) groups excluding carboxylic acids is 2. The summed E-state index contributed by atoms with van der Waals surface area (Å²) in [4.78, 5) is 35.9. The highest BCUT2D eigenvalue weighted by atomic mass is 16.2. The normalized spacial score (nSPS) is 17.3. The van der Waals surface area contributed by atoms with E-state index in [-0.39, 0.29) is 17.7 Å². The molecule has 6 heteroatoms. The van der Waals surface area contributed by atoms with Gasteiger partial charge in [-0.2, -0.15) is 0 Å². The van der Waals surface area contributed by atoms with E-state index >= 15 is 0 Å². The molecule has 1 saturated heterocycles. The Morgan fingerprint density at radius 1 is 1.22 bits per heavy atom. The highest BCUT2D eigenvalue weighted by Gasteiger charge is 2.27. The summed E-state index contributed by atoms with van der Waals surface area (Å²) in [5.41, 5.74) is 2.65. The van der Waals surface area contributed by atoms with E-state index in [0.29, 0.717) is 31.8 Å². The van der Waals surface area contributed by atoms with E-state index in [9.17, 15) is 9.59 Å². The fraction of sp³-hybridized carbons (Fsp3) is 0.714. The van der Waals surface area contributed by atoms with Crippen LogP contribution >= 0.6 is 0 Å². The number of likely N-dealkylation sites (tertiary alicyclic amines) is 1. The molecule has 0 aliphatic carbocycles. The first-order valence-electron chi connectivity index (χ1n) is 10.2. The Kier molecular flexibility index (Phi) is 7.75. The van der Waals surface area contributed by atoms with Crippen LogP contribution in [0.5, 0.6) is 0 Å². The molecule has 2 heterocycles. The number of nitrogens with zero attached hydrogens (tertiary/aromatic N) is 3. The van der Waals surface area contributed by atoms with E-state index in [1.807, 2.05) is 25.7 Å². The lowest BCUT2D eigenvalue weighted by Crippen LogP contribution is -2.40. The summed E-state index contributed by atoms with van der Waals surface area (Å²) in [6, 6.07) is 0. The smallest absolute Gasteiger partial charge is 0.224 e. The SMILES string of the molecule is CCCNC(=O)Cc1c(C)nc(C2CCCN(C(=O)CC(C)C)C2)nc1C. The van der Waals surface area contributed by atoms with E-state index in [1.165, 1.54) is 0 Å². The van der Waals surface area contributed by atoms with Crippen LogP contribution in [0.25, 0.3) is 0 Å². The summed E-state index contributed by atoms with van der Waals surface area (Å²) in [6.45, 7) is 12.3. The van der Waals surface area contributed by atoms with Crippen LogP contribution < -0.4 is 5.32 Å². The van der Waals surface area contributed by atoms with Crippen molar-refractivity contribution in [2.75, 3.05) is 19.6 Å². The molecular formula is C21H34N4O2. The molecular weight excluding hydrogens is 340 g/mol. The molecule has 2 amide bonds. The minimum atomic E-state index is 0.0162. The summed E-state index contributed by atoms with van der Waals surface area (Å²) < 4.78 is 0. The van der Waals surface area contributed by atoms with Crippen LogP contribution in [0.1, 0.15) is 75.1 Å². The van der Waals surface area contributed by atoms with E-state index in [2.05, 4.69) is 19.2 Å². The first-order chi connectivity index (χ1) is 12.8. The summed E-state index contributed by atoms with van der Waals surface area (Å²) in [5.74, 6) is 1.60. The number of nitrogens with one attached hydrogen (secondary N) is 1. The molecule has 1 atom stereocenters. The van der Waals surface area contributed by atoms with Gasteiger partial charge in [-0.15, -0.1) is 0 Å². The number of hydrogen-bond acceptors (Lipinski definition) is 4. The van der Waals surface area contributed by atoms with Gasteiger partial charge < -0.3 is 10.2 Å². The van der Waals surface area contributed by atoms with E-state index in [1.54, 1.807) is 0 Å². The van der Waals surface area contributed by atoms with Gasteiger partial charge in [-0.05, 0) is 39.0 Å². The van der Waals surface area contributed by atoms with Gasteiger partial charge in [0, 0.05) is 48.9 Å². The summed E-state index contributed by atoms with van der Waals surface area (Å²) in [5, 5.41) is 2.91. The van der Waals surface area contributed by atoms with Gasteiger partial charge in [-0.25, -0.2) is 9.97 Å². The zero-order valence-electron chi connectivity index (χ0n) is 17.5. The average Bonchev–Trinajstić information content (AvgIpc) is 2.62. The van der Waals surface area contributed by atoms with Crippen molar-refractivity contribution in [1.82, 2.24) is 20.2 Å². The van der Waals surface area contributed by atoms with Crippen molar-refractivity contribution in [3.05, 3.63) is 22.8 Å². The molecule has 150 valence electrons. The van der Waals surface area contributed by atoms with Gasteiger partial charge in [0.15, 0.2) is 0 Å². The van der Waals surface area contributed by atoms with Crippen molar-refractivity contribution in [1.29, 1.82) is 0 Å². The number of amides is 2. The van der Waals surface area contributed by atoms with Crippen molar-refractivity contribution in [2.45, 2.75) is 72.6 Å². The third-order valence-electron chi connectivity index (χ3n) is 5.07. The maximum absolute atomic E-state index is 12.4. The number of carbonyl (C=O) groups is 2. The topological polar surface area (TPSA) is 75.2 Å². The summed E-state index contributed by atoms with van der Waals surface area (Å²) in [7, 11) is 0. The first-order valence-corrected chi connectivity index (χ1v) is 10.2. The van der Waals surface area contributed by atoms with Gasteiger partial charge in [-0.1, -0.05) is 20.8 Å². The van der Waals surface area contributed by atoms with Crippen LogP contribution in [0.15, 0.2) is 0 Å². The maximum atomic E-state index is 12.4. The van der Waals surface area contributed by atoms with Crippen molar-refractivity contribution in [2.24, 2.45) is 5.92 Å². The van der Waals surface area contributed by atoms with Gasteiger partial charge in [0.25, 0.3) is 0 Å². The molecule has 0 aromatic carbocycles. The Morgan fingerprint density at radius 3 is 2.48 bits per heavy atom. The van der Waals surface area contributed by atoms with Crippen LogP contribution in [-0.2, 0) is 16.0 Å². The van der Waals surface area contributed by atoms with Crippen LogP contribution in [0, 0.1) is 19.8 Å². The lowest BCUT2D eigenvalue weighted by molar-refractivity contribution is -0.133. The molecule has 27 heavy (non-hydrogen) atoms. The standard InChI is InChI=1S/C21H34N4O2/c1-6-9-22-19(26)12-18-15(4)23-21(24-16(18)5)17-8-7-10-25(13-17)20(27)11-14(2)3/h14,17H,6-13H2,1-5H3,(H,22,26). The number of aromatic nitrogens is 2. The lowest BCUT2D eigenvalue weighted by atomic mass is 9.95. The first kappa shape index (κ1) is 21.3. The minimum Gasteiger partial charge on any atom is -0.356 e. The Bertz CT molecular complexity index is 649. The van der Waals surface area contributed by atoms with Gasteiger partial charge in [-0.3, -0.25) is 9.59 Å². The highest BCUT2D eigenvalue weighted by molar-refractivity contribution is 5.79. The zero-order chi connectivity index (χ0) is 20.0. The van der Waals surface area contributed by atoms with Gasteiger partial charge >= 0.3 is 0 Å². The van der Waals surface area contributed by atoms with Crippen molar-refractivity contribution < 1.29 is 9.59 Å². The Hall–Kier alpha value is -1.98. The summed E-state index contributed by atoms with van der Waals surface area (Å²) >= 11 is 0. The minimum absolute atomic E-state index is 0.0162. The zero-order valence-corrected chi connectivity index (χ0v) is 17.5. The largest absolute Gasteiger partial charge is 0.356 e. The molecule has 1 aliphatic heterocycles. The maximum Gasteiger partial charge on any atom is 0.224 e. The molecule has 1 aromatic heterocycles. The lowest BCUT2D eigenvalue weighted by Gasteiger charge is -2.33. The third-order valence-corrected chi connectivity index (χ3v) is 5.07. The second kappa shape index (κ2) is 9.81. The fourth-order valence-corrected chi connectivity index (χ4v) is 3.58. The van der Waals surface area contributed by atoms with Crippen LogP contribution in [0.3, 0.4) is 0 Å². The average molecular weight is 375 g/mol. The second-order valence-electron chi connectivity index (χ2n) is 8.03. The van der Waals surface area contributed by atoms with Gasteiger partial charge in [0.05, 0.1) is 6.42 Å². The van der Waals surface area contributed by atoms with Gasteiger partial charge in [0.1, 0.15) is 5.82 Å². The molecule has 6 nitrogen and oxygen atoms in total. The molecule has 1 fully saturated rings. The van der Waals surface area contributed by atoms with Crippen LogP contribution in [0.4, 0.5) is 0 Å². The van der Waals surface area contributed by atoms with E-state index < -0.39 is 0 Å². The molecule has 1 N–H and O–H groups in total. The molecule has 1 aliphatic rings. The number of piperidine rings is 1. The van der Waals surface area contributed by atoms with Gasteiger partial charge in [0.2, 0.25) is 11.8 Å². The second-order valence-corrected chi connectivity index (χ2v) is 8.03. The van der Waals surface area contributed by atoms with Crippen molar-refractivity contribution in [3.8, 4) is 0 Å². The number of aryl methyl sites for hydroxylation is 2. The molecule has 0 radical (unpaired) electrons. The Morgan fingerprint density at radius 2 is 1.89 bits per heavy atom. The Balaban J connectivity index is 2.10. The Labute approximate surface area is 163 Å².